The molecule has 1 unspecified atom stereocenters. The second-order valence-electron chi connectivity index (χ2n) is 11.2. The molecule has 0 spiro atoms. The molecule has 0 fully saturated rings. The number of ether oxygens (including phenoxy) is 1. The Bertz CT molecular complexity index is 1550. The minimum Gasteiger partial charge on any atom is -0.508 e. The summed E-state index contributed by atoms with van der Waals surface area (Å²) in [6.07, 6.45) is -15.0. The molecule has 1 atom stereocenters. The van der Waals surface area contributed by atoms with Crippen molar-refractivity contribution in [2.75, 3.05) is 13.2 Å². The lowest BCUT2D eigenvalue weighted by atomic mass is 9.85. The number of aliphatic hydroxyl groups excluding tert-OH is 2. The number of aromatic hydroxyl groups is 1. The molecule has 2 aromatic rings. The third kappa shape index (κ3) is 7.46. The van der Waals surface area contributed by atoms with Gasteiger partial charge in [-0.05, 0) is 53.8 Å². The van der Waals surface area contributed by atoms with Gasteiger partial charge < -0.3 is 20.1 Å². The Hall–Kier alpha value is -3.51. The third-order valence-corrected chi connectivity index (χ3v) is 7.42. The molecular formula is C28H21F21O4. The topological polar surface area (TPSA) is 69.9 Å². The smallest absolute Gasteiger partial charge is 0.460 e. The van der Waals surface area contributed by atoms with E-state index < -0.39 is 104 Å². The van der Waals surface area contributed by atoms with E-state index in [1.54, 1.807) is 0 Å². The van der Waals surface area contributed by atoms with E-state index in [4.69, 9.17) is 9.84 Å². The van der Waals surface area contributed by atoms with Crippen molar-refractivity contribution in [3.05, 3.63) is 48.0 Å². The van der Waals surface area contributed by atoms with Crippen LogP contribution in [0.4, 0.5) is 92.2 Å². The highest BCUT2D eigenvalue weighted by Crippen LogP contribution is 2.66. The number of aliphatic hydroxyl groups is 2. The van der Waals surface area contributed by atoms with Crippen LogP contribution >= 0.6 is 0 Å². The Balaban J connectivity index is 2.50. The summed E-state index contributed by atoms with van der Waals surface area (Å²) in [5.41, 5.74) is 0.0201. The van der Waals surface area contributed by atoms with Gasteiger partial charge >= 0.3 is 59.5 Å². The molecule has 0 amide bonds. The van der Waals surface area contributed by atoms with Gasteiger partial charge in [-0.2, -0.15) is 92.2 Å². The molecule has 53 heavy (non-hydrogen) atoms. The van der Waals surface area contributed by atoms with Crippen LogP contribution < -0.4 is 4.74 Å². The lowest BCUT2D eigenvalue weighted by molar-refractivity contribution is -0.474. The van der Waals surface area contributed by atoms with Crippen LogP contribution in [0.15, 0.2) is 42.5 Å². The van der Waals surface area contributed by atoms with Crippen LogP contribution in [0.3, 0.4) is 0 Å². The quantitative estimate of drug-likeness (QED) is 0.139. The number of hydrogen-bond acceptors (Lipinski definition) is 4. The molecule has 0 radical (unpaired) electrons. The van der Waals surface area contributed by atoms with Gasteiger partial charge in [-0.1, -0.05) is 18.2 Å². The van der Waals surface area contributed by atoms with Crippen LogP contribution in [-0.2, 0) is 6.42 Å². The Morgan fingerprint density at radius 1 is 0.528 bits per heavy atom. The minimum atomic E-state index is -9.24. The van der Waals surface area contributed by atoms with Gasteiger partial charge in [-0.15, -0.1) is 0 Å². The summed E-state index contributed by atoms with van der Waals surface area (Å²) in [5, 5.41) is 27.8. The maximum Gasteiger partial charge on any atom is 0.460 e. The first-order valence-electron chi connectivity index (χ1n) is 13.8. The van der Waals surface area contributed by atoms with Crippen molar-refractivity contribution in [2.24, 2.45) is 0 Å². The number of alkyl halides is 21. The molecule has 25 heteroatoms. The zero-order valence-electron chi connectivity index (χ0n) is 25.3. The van der Waals surface area contributed by atoms with Crippen molar-refractivity contribution < 1.29 is 112 Å². The summed E-state index contributed by atoms with van der Waals surface area (Å²) in [5.74, 6) is -78.2. The normalized spacial score (nSPS) is 15.5. The van der Waals surface area contributed by atoms with Crippen molar-refractivity contribution in [2.45, 2.75) is 84.8 Å². The fourth-order valence-electron chi connectivity index (χ4n) is 4.24. The van der Waals surface area contributed by atoms with E-state index in [1.165, 1.54) is 18.2 Å². The van der Waals surface area contributed by atoms with Crippen molar-refractivity contribution in [3.8, 4) is 22.6 Å². The van der Waals surface area contributed by atoms with Crippen molar-refractivity contribution in [1.29, 1.82) is 0 Å². The number of hydrogen-bond donors (Lipinski definition) is 3. The van der Waals surface area contributed by atoms with Gasteiger partial charge in [0, 0.05) is 6.42 Å². The molecule has 304 valence electrons. The fourth-order valence-corrected chi connectivity index (χ4v) is 4.24. The van der Waals surface area contributed by atoms with E-state index >= 15 is 0 Å². The van der Waals surface area contributed by atoms with Gasteiger partial charge in [0.25, 0.3) is 0 Å². The van der Waals surface area contributed by atoms with E-state index in [1.807, 2.05) is 0 Å². The first kappa shape index (κ1) is 45.6. The number of phenolic OH excluding ortho intramolecular Hbond substituents is 1. The highest BCUT2D eigenvalue weighted by Gasteiger charge is 2.97. The zero-order valence-corrected chi connectivity index (χ0v) is 25.3. The fraction of sp³-hybridized carbons (Fsp3) is 0.571. The molecule has 0 bridgehead atoms. The summed E-state index contributed by atoms with van der Waals surface area (Å²) < 4.78 is 292. The average molecular weight is 820 g/mol. The van der Waals surface area contributed by atoms with E-state index in [-0.39, 0.29) is 22.4 Å². The molecule has 0 aliphatic rings. The molecular weight excluding hydrogens is 799 g/mol. The Labute approximate surface area is 281 Å². The van der Waals surface area contributed by atoms with E-state index in [0.29, 0.717) is 0 Å². The van der Waals surface area contributed by atoms with Crippen molar-refractivity contribution in [3.63, 3.8) is 0 Å². The average Bonchev–Trinajstić information content (AvgIpc) is 3.02. The molecule has 3 N–H and O–H groups in total. The Morgan fingerprint density at radius 2 is 0.925 bits per heavy atom. The standard InChI is InChI=1S/C28H21F21O4/c29-19(30,9-1-2-15-10-14(13-3-6-16(51)7-4-13)5-8-18(15)53-12-17(52)11-50)20(31,32)21(33,34)22(35,36)23(37,38)24(39,40)25(41,42)26(43,44)27(45,46)28(47,48)49/h3-8,10,17,50-52H,1-2,9,11-12H2. The largest absolute Gasteiger partial charge is 0.508 e. The van der Waals surface area contributed by atoms with Crippen LogP contribution in [0.5, 0.6) is 11.5 Å². The Morgan fingerprint density at radius 3 is 1.34 bits per heavy atom. The number of aryl methyl sites for hydroxylation is 1. The molecule has 0 saturated carbocycles. The summed E-state index contributed by atoms with van der Waals surface area (Å²) in [6.45, 7) is -1.65. The molecule has 0 saturated heterocycles. The number of phenols is 1. The highest BCUT2D eigenvalue weighted by molar-refractivity contribution is 5.66. The number of benzene rings is 2. The first-order chi connectivity index (χ1) is 23.5. The van der Waals surface area contributed by atoms with Crippen LogP contribution in [0.2, 0.25) is 0 Å². The molecule has 0 aromatic heterocycles. The van der Waals surface area contributed by atoms with Crippen LogP contribution in [-0.4, -0.2) is 94.1 Å². The van der Waals surface area contributed by atoms with Gasteiger partial charge in [0.2, 0.25) is 0 Å². The van der Waals surface area contributed by atoms with Gasteiger partial charge in [-0.25, -0.2) is 0 Å². The van der Waals surface area contributed by atoms with Gasteiger partial charge in [0.05, 0.1) is 6.61 Å². The Kier molecular flexibility index (Phi) is 12.3. The number of rotatable bonds is 17. The summed E-state index contributed by atoms with van der Waals surface area (Å²) in [7, 11) is 0. The molecule has 0 heterocycles. The zero-order chi connectivity index (χ0) is 41.7. The summed E-state index contributed by atoms with van der Waals surface area (Å²) in [6, 6.07) is 8.11. The molecule has 2 rings (SSSR count). The number of halogens is 21. The van der Waals surface area contributed by atoms with Gasteiger partial charge in [0.1, 0.15) is 24.2 Å². The van der Waals surface area contributed by atoms with Crippen LogP contribution in [0, 0.1) is 0 Å². The molecule has 0 aliphatic carbocycles. The first-order valence-corrected chi connectivity index (χ1v) is 13.8. The summed E-state index contributed by atoms with van der Waals surface area (Å²) in [4.78, 5) is 0. The predicted molar refractivity (Wildman–Crippen MR) is 136 cm³/mol. The van der Waals surface area contributed by atoms with Crippen LogP contribution in [0.25, 0.3) is 11.1 Å². The summed E-state index contributed by atoms with van der Waals surface area (Å²) >= 11 is 0. The SMILES string of the molecule is OCC(O)COc1ccc(-c2ccc(O)cc2)cc1CCCC(F)(F)C(F)(F)C(F)(F)C(F)(F)C(F)(F)C(F)(F)C(F)(F)C(F)(F)C(F)(F)C(F)(F)F. The van der Waals surface area contributed by atoms with Crippen molar-refractivity contribution >= 4 is 0 Å². The van der Waals surface area contributed by atoms with Crippen LogP contribution in [0.1, 0.15) is 18.4 Å². The van der Waals surface area contributed by atoms with E-state index in [9.17, 15) is 102 Å². The third-order valence-electron chi connectivity index (χ3n) is 7.42. The second-order valence-corrected chi connectivity index (χ2v) is 11.2. The highest BCUT2D eigenvalue weighted by atomic mass is 19.4. The monoisotopic (exact) mass is 820 g/mol. The molecule has 4 nitrogen and oxygen atoms in total. The second kappa shape index (κ2) is 14.3. The minimum absolute atomic E-state index is 0.122. The van der Waals surface area contributed by atoms with E-state index in [0.717, 1.165) is 24.3 Å². The lowest BCUT2D eigenvalue weighted by Crippen LogP contribution is -2.76. The maximum absolute atomic E-state index is 14.5. The lowest BCUT2D eigenvalue weighted by Gasteiger charge is -2.44. The maximum atomic E-state index is 14.5. The predicted octanol–water partition coefficient (Wildman–Crippen LogP) is 9.39. The van der Waals surface area contributed by atoms with Gasteiger partial charge in [0.15, 0.2) is 0 Å². The van der Waals surface area contributed by atoms with Crippen molar-refractivity contribution in [1.82, 2.24) is 0 Å². The van der Waals surface area contributed by atoms with Gasteiger partial charge in [-0.3, -0.25) is 0 Å². The molecule has 0 aliphatic heterocycles. The molecule has 2 aromatic carbocycles. The van der Waals surface area contributed by atoms with E-state index in [2.05, 4.69) is 0 Å².